The highest BCUT2D eigenvalue weighted by molar-refractivity contribution is 6.30. The van der Waals surface area contributed by atoms with Crippen LogP contribution in [0.15, 0.2) is 59.6 Å². The van der Waals surface area contributed by atoms with Gasteiger partial charge in [0.25, 0.3) is 5.91 Å². The largest absolute Gasteiger partial charge is 0.340 e. The van der Waals surface area contributed by atoms with Crippen LogP contribution in [0.1, 0.15) is 11.1 Å². The lowest BCUT2D eigenvalue weighted by molar-refractivity contribution is -0.127. The fourth-order valence-electron chi connectivity index (χ4n) is 4.72. The summed E-state index contributed by atoms with van der Waals surface area (Å²) in [6, 6.07) is 17.1. The van der Waals surface area contributed by atoms with Crippen LogP contribution in [0.2, 0.25) is 5.02 Å². The van der Waals surface area contributed by atoms with Gasteiger partial charge in [-0.05, 0) is 23.3 Å². The van der Waals surface area contributed by atoms with Crippen LogP contribution in [-0.4, -0.2) is 82.9 Å². The van der Waals surface area contributed by atoms with Crippen molar-refractivity contribution < 1.29 is 9.59 Å². The fraction of sp³-hybridized carbons (Fsp3) is 0.375. The minimum absolute atomic E-state index is 0.294. The van der Waals surface area contributed by atoms with E-state index in [0.29, 0.717) is 6.54 Å². The Morgan fingerprint density at radius 3 is 2.42 bits per heavy atom. The number of likely N-dealkylation sites (N-methyl/N-ethyl adjacent to an activating group) is 1. The van der Waals surface area contributed by atoms with Gasteiger partial charge in [-0.15, -0.1) is 0 Å². The van der Waals surface area contributed by atoms with Gasteiger partial charge < -0.3 is 14.7 Å². The van der Waals surface area contributed by atoms with Gasteiger partial charge in [-0.25, -0.2) is 9.79 Å². The molecule has 3 amide bonds. The van der Waals surface area contributed by atoms with Gasteiger partial charge >= 0.3 is 6.03 Å². The molecular formula is C24H27ClN6O2. The first-order valence-electron chi connectivity index (χ1n) is 11.2. The van der Waals surface area contributed by atoms with Crippen molar-refractivity contribution in [3.63, 3.8) is 0 Å². The molecule has 0 aliphatic carbocycles. The van der Waals surface area contributed by atoms with E-state index in [4.69, 9.17) is 16.6 Å². The number of carbonyl (C=O) groups excluding carboxylic acids is 2. The lowest BCUT2D eigenvalue weighted by Crippen LogP contribution is -2.64. The van der Waals surface area contributed by atoms with Crippen LogP contribution in [0.3, 0.4) is 0 Å². The zero-order valence-electron chi connectivity index (χ0n) is 18.5. The first kappa shape index (κ1) is 21.7. The second-order valence-corrected chi connectivity index (χ2v) is 9.14. The van der Waals surface area contributed by atoms with Crippen LogP contribution < -0.4 is 5.32 Å². The molecule has 8 nitrogen and oxygen atoms in total. The Morgan fingerprint density at radius 1 is 0.970 bits per heavy atom. The molecule has 2 fully saturated rings. The zero-order chi connectivity index (χ0) is 22.9. The summed E-state index contributed by atoms with van der Waals surface area (Å²) in [5.41, 5.74) is 2.29. The topological polar surface area (TPSA) is 71.5 Å². The number of rotatable bonds is 4. The maximum atomic E-state index is 12.8. The van der Waals surface area contributed by atoms with Crippen molar-refractivity contribution in [3.8, 4) is 0 Å². The van der Waals surface area contributed by atoms with Crippen molar-refractivity contribution in [3.05, 3.63) is 70.7 Å². The number of benzene rings is 2. The van der Waals surface area contributed by atoms with Gasteiger partial charge in [-0.3, -0.25) is 15.0 Å². The van der Waals surface area contributed by atoms with E-state index in [9.17, 15) is 9.59 Å². The van der Waals surface area contributed by atoms with Gasteiger partial charge in [0.15, 0.2) is 18.2 Å². The Labute approximate surface area is 198 Å². The molecule has 2 aromatic rings. The van der Waals surface area contributed by atoms with E-state index in [2.05, 4.69) is 21.2 Å². The molecular weight excluding hydrogens is 440 g/mol. The van der Waals surface area contributed by atoms with Crippen molar-refractivity contribution in [1.29, 1.82) is 0 Å². The molecule has 2 aromatic carbocycles. The van der Waals surface area contributed by atoms with Crippen LogP contribution in [0, 0.1) is 0 Å². The highest BCUT2D eigenvalue weighted by atomic mass is 35.5. The highest BCUT2D eigenvalue weighted by Crippen LogP contribution is 2.28. The third-order valence-electron chi connectivity index (χ3n) is 6.48. The maximum absolute atomic E-state index is 12.8. The molecule has 172 valence electrons. The molecule has 0 radical (unpaired) electrons. The molecule has 3 aliphatic rings. The average molecular weight is 467 g/mol. The Balaban J connectivity index is 1.34. The number of piperazine rings is 1. The Bertz CT molecular complexity index is 1070. The molecule has 2 unspecified atom stereocenters. The van der Waals surface area contributed by atoms with E-state index in [0.717, 1.165) is 49.3 Å². The summed E-state index contributed by atoms with van der Waals surface area (Å²) in [7, 11) is 1.69. The third kappa shape index (κ3) is 4.41. The fourth-order valence-corrected chi connectivity index (χ4v) is 4.94. The molecule has 3 heterocycles. The van der Waals surface area contributed by atoms with Crippen molar-refractivity contribution in [2.75, 3.05) is 33.2 Å². The highest BCUT2D eigenvalue weighted by Gasteiger charge is 2.49. The first-order chi connectivity index (χ1) is 16.0. The van der Waals surface area contributed by atoms with E-state index >= 15 is 0 Å². The number of imide groups is 1. The van der Waals surface area contributed by atoms with E-state index in [-0.39, 0.29) is 5.91 Å². The number of hydrogen-bond acceptors (Lipinski definition) is 6. The number of urea groups is 1. The Hall–Kier alpha value is -3.10. The van der Waals surface area contributed by atoms with Crippen molar-refractivity contribution in [2.24, 2.45) is 4.99 Å². The predicted octanol–water partition coefficient (Wildman–Crippen LogP) is 2.21. The summed E-state index contributed by atoms with van der Waals surface area (Å²) < 4.78 is 0. The van der Waals surface area contributed by atoms with E-state index < -0.39 is 18.2 Å². The molecule has 1 N–H and O–H groups in total. The lowest BCUT2D eigenvalue weighted by Gasteiger charge is -2.40. The SMILES string of the molecule is CN1C(=O)NC(=O)C2C1N=C(N1CCN(Cc3cccc(Cl)c3)CC1)N2Cc1ccccc1. The van der Waals surface area contributed by atoms with Crippen LogP contribution in [0.5, 0.6) is 0 Å². The van der Waals surface area contributed by atoms with Crippen LogP contribution in [0.4, 0.5) is 4.79 Å². The molecule has 2 saturated heterocycles. The minimum Gasteiger partial charge on any atom is -0.340 e. The molecule has 3 aliphatic heterocycles. The van der Waals surface area contributed by atoms with Gasteiger partial charge in [-0.1, -0.05) is 54.1 Å². The molecule has 5 rings (SSSR count). The average Bonchev–Trinajstić information content (AvgIpc) is 3.19. The van der Waals surface area contributed by atoms with Crippen molar-refractivity contribution in [1.82, 2.24) is 24.9 Å². The summed E-state index contributed by atoms with van der Waals surface area (Å²) in [4.78, 5) is 38.1. The second kappa shape index (κ2) is 9.03. The summed E-state index contributed by atoms with van der Waals surface area (Å²) in [6.07, 6.45) is -0.519. The van der Waals surface area contributed by atoms with E-state index in [1.165, 1.54) is 10.5 Å². The quantitative estimate of drug-likeness (QED) is 0.748. The van der Waals surface area contributed by atoms with Crippen molar-refractivity contribution in [2.45, 2.75) is 25.3 Å². The van der Waals surface area contributed by atoms with E-state index in [1.807, 2.05) is 53.4 Å². The van der Waals surface area contributed by atoms with Crippen LogP contribution >= 0.6 is 11.6 Å². The second-order valence-electron chi connectivity index (χ2n) is 8.70. The van der Waals surface area contributed by atoms with Gasteiger partial charge in [-0.2, -0.15) is 0 Å². The number of nitrogens with zero attached hydrogens (tertiary/aromatic N) is 5. The third-order valence-corrected chi connectivity index (χ3v) is 6.72. The lowest BCUT2D eigenvalue weighted by atomic mass is 10.1. The molecule has 0 aromatic heterocycles. The number of guanidine groups is 1. The Kier molecular flexibility index (Phi) is 5.95. The number of carbonyl (C=O) groups is 2. The summed E-state index contributed by atoms with van der Waals surface area (Å²) in [6.45, 7) is 4.74. The standard InChI is InChI=1S/C24H27ClN6O2/c1-28-21-20(22(32)27-24(28)33)31(16-17-6-3-2-4-7-17)23(26-21)30-12-10-29(11-13-30)15-18-8-5-9-19(25)14-18/h2-9,14,20-21H,10-13,15-16H2,1H3,(H,27,32,33). The Morgan fingerprint density at radius 2 is 1.70 bits per heavy atom. The predicted molar refractivity (Wildman–Crippen MR) is 127 cm³/mol. The van der Waals surface area contributed by atoms with E-state index in [1.54, 1.807) is 7.05 Å². The first-order valence-corrected chi connectivity index (χ1v) is 11.5. The minimum atomic E-state index is -0.535. The number of halogens is 1. The smallest absolute Gasteiger partial charge is 0.325 e. The molecule has 0 spiro atoms. The monoisotopic (exact) mass is 466 g/mol. The molecule has 0 bridgehead atoms. The number of aliphatic imine (C=N–C) groups is 1. The van der Waals surface area contributed by atoms with Gasteiger partial charge in [0, 0.05) is 51.3 Å². The van der Waals surface area contributed by atoms with Gasteiger partial charge in [0.1, 0.15) is 0 Å². The molecule has 33 heavy (non-hydrogen) atoms. The zero-order valence-corrected chi connectivity index (χ0v) is 19.3. The molecule has 9 heteroatoms. The normalized spacial score (nSPS) is 23.5. The summed E-state index contributed by atoms with van der Waals surface area (Å²) in [5.74, 6) is 0.491. The molecule has 2 atom stereocenters. The number of amides is 3. The van der Waals surface area contributed by atoms with Crippen LogP contribution in [-0.2, 0) is 17.9 Å². The number of hydrogen-bond donors (Lipinski definition) is 1. The summed E-state index contributed by atoms with van der Waals surface area (Å²) >= 11 is 6.14. The van der Waals surface area contributed by atoms with Crippen LogP contribution in [0.25, 0.3) is 0 Å². The van der Waals surface area contributed by atoms with Crippen molar-refractivity contribution >= 4 is 29.5 Å². The maximum Gasteiger partial charge on any atom is 0.325 e. The number of nitrogens with one attached hydrogen (secondary N) is 1. The molecule has 0 saturated carbocycles. The summed E-state index contributed by atoms with van der Waals surface area (Å²) in [5, 5.41) is 3.23. The number of fused-ring (bicyclic) bond motifs is 1. The van der Waals surface area contributed by atoms with Gasteiger partial charge in [0.05, 0.1) is 0 Å². The van der Waals surface area contributed by atoms with Gasteiger partial charge in [0.2, 0.25) is 0 Å².